The van der Waals surface area contributed by atoms with Crippen molar-refractivity contribution >= 4 is 11.8 Å². The lowest BCUT2D eigenvalue weighted by atomic mass is 10.1. The van der Waals surface area contributed by atoms with Crippen molar-refractivity contribution in [1.82, 2.24) is 19.7 Å². The van der Waals surface area contributed by atoms with Crippen LogP contribution in [0.15, 0.2) is 29.4 Å². The summed E-state index contributed by atoms with van der Waals surface area (Å²) in [6.07, 6.45) is 6.56. The molecule has 1 unspecified atom stereocenters. The maximum absolute atomic E-state index is 5.89. The van der Waals surface area contributed by atoms with Gasteiger partial charge in [0, 0.05) is 24.5 Å². The molecule has 1 aromatic carbocycles. The zero-order chi connectivity index (χ0) is 19.2. The number of aromatic nitrogens is 3. The zero-order valence-corrected chi connectivity index (χ0v) is 17.5. The van der Waals surface area contributed by atoms with Crippen molar-refractivity contribution in [2.45, 2.75) is 49.9 Å². The summed E-state index contributed by atoms with van der Waals surface area (Å²) in [6, 6.07) is 8.06. The molecule has 0 N–H and O–H groups in total. The van der Waals surface area contributed by atoms with Gasteiger partial charge in [0.05, 0.1) is 19.8 Å². The average Bonchev–Trinajstić information content (AvgIpc) is 3.40. The first-order chi connectivity index (χ1) is 13.8. The summed E-state index contributed by atoms with van der Waals surface area (Å²) in [5.74, 6) is 2.82. The molecule has 2 fully saturated rings. The van der Waals surface area contributed by atoms with Crippen LogP contribution in [0.2, 0.25) is 0 Å². The van der Waals surface area contributed by atoms with Crippen LogP contribution in [0.4, 0.5) is 0 Å². The number of piperidine rings is 1. The average molecular weight is 403 g/mol. The normalized spacial score (nSPS) is 20.5. The molecule has 0 saturated carbocycles. The molecule has 0 bridgehead atoms. The summed E-state index contributed by atoms with van der Waals surface area (Å²) in [6.45, 7) is 5.28. The number of methoxy groups -OCH3 is 1. The minimum absolute atomic E-state index is 0.259. The molecule has 7 heteroatoms. The highest BCUT2D eigenvalue weighted by molar-refractivity contribution is 7.99. The molecule has 0 spiro atoms. The van der Waals surface area contributed by atoms with Crippen LogP contribution in [0.3, 0.4) is 0 Å². The summed E-state index contributed by atoms with van der Waals surface area (Å²) >= 11 is 1.81. The first-order valence-corrected chi connectivity index (χ1v) is 11.4. The quantitative estimate of drug-likeness (QED) is 0.628. The molecule has 2 aromatic rings. The number of likely N-dealkylation sites (tertiary alicyclic amines) is 1. The van der Waals surface area contributed by atoms with Crippen molar-refractivity contribution < 1.29 is 9.47 Å². The van der Waals surface area contributed by atoms with Gasteiger partial charge in [-0.2, -0.15) is 0 Å². The Hall–Kier alpha value is -1.57. The van der Waals surface area contributed by atoms with Gasteiger partial charge < -0.3 is 14.4 Å². The van der Waals surface area contributed by atoms with Crippen LogP contribution in [0, 0.1) is 0 Å². The van der Waals surface area contributed by atoms with E-state index in [1.807, 2.05) is 23.9 Å². The van der Waals surface area contributed by atoms with Gasteiger partial charge in [-0.15, -0.1) is 10.2 Å². The van der Waals surface area contributed by atoms with E-state index >= 15 is 0 Å². The van der Waals surface area contributed by atoms with Crippen molar-refractivity contribution in [1.29, 1.82) is 0 Å². The highest BCUT2D eigenvalue weighted by Crippen LogP contribution is 2.28. The van der Waals surface area contributed by atoms with E-state index < -0.39 is 0 Å². The third-order valence-electron chi connectivity index (χ3n) is 5.56. The van der Waals surface area contributed by atoms with Crippen molar-refractivity contribution in [2.24, 2.45) is 0 Å². The van der Waals surface area contributed by atoms with Crippen molar-refractivity contribution in [3.63, 3.8) is 0 Å². The largest absolute Gasteiger partial charge is 0.497 e. The molecular formula is C21H30N4O2S. The van der Waals surface area contributed by atoms with Crippen molar-refractivity contribution in [2.75, 3.05) is 39.1 Å². The van der Waals surface area contributed by atoms with E-state index in [1.54, 1.807) is 7.11 Å². The number of hydrogen-bond acceptors (Lipinski definition) is 6. The van der Waals surface area contributed by atoms with E-state index in [1.165, 1.54) is 32.4 Å². The molecule has 6 nitrogen and oxygen atoms in total. The summed E-state index contributed by atoms with van der Waals surface area (Å²) < 4.78 is 13.4. The van der Waals surface area contributed by atoms with Crippen LogP contribution in [0.25, 0.3) is 11.4 Å². The van der Waals surface area contributed by atoms with Crippen molar-refractivity contribution in [3.05, 3.63) is 24.3 Å². The Bertz CT molecular complexity index is 737. The van der Waals surface area contributed by atoms with Gasteiger partial charge in [-0.05, 0) is 63.0 Å². The van der Waals surface area contributed by atoms with E-state index in [9.17, 15) is 0 Å². The van der Waals surface area contributed by atoms with Crippen LogP contribution in [-0.2, 0) is 11.3 Å². The fraction of sp³-hybridized carbons (Fsp3) is 0.619. The van der Waals surface area contributed by atoms with Gasteiger partial charge in [-0.1, -0.05) is 18.2 Å². The molecular weight excluding hydrogens is 372 g/mol. The third-order valence-corrected chi connectivity index (χ3v) is 6.51. The SMILES string of the molecule is COc1ccc(-c2nnc(SCCN3CCCCC3)n2CC2CCCO2)cc1. The van der Waals surface area contributed by atoms with Gasteiger partial charge >= 0.3 is 0 Å². The number of hydrogen-bond donors (Lipinski definition) is 0. The fourth-order valence-corrected chi connectivity index (χ4v) is 4.90. The van der Waals surface area contributed by atoms with Gasteiger partial charge in [-0.25, -0.2) is 0 Å². The van der Waals surface area contributed by atoms with Crippen LogP contribution in [-0.4, -0.2) is 64.9 Å². The van der Waals surface area contributed by atoms with E-state index in [0.29, 0.717) is 0 Å². The standard InChI is InChI=1S/C21H30N4O2S/c1-26-18-9-7-17(8-10-18)20-22-23-21(25(20)16-19-6-5-14-27-19)28-15-13-24-11-3-2-4-12-24/h7-10,19H,2-6,11-16H2,1H3. The van der Waals surface area contributed by atoms with E-state index in [2.05, 4.69) is 31.8 Å². The number of benzene rings is 1. The molecule has 0 aliphatic carbocycles. The Morgan fingerprint density at radius 3 is 2.64 bits per heavy atom. The Labute approximate surface area is 171 Å². The summed E-state index contributed by atoms with van der Waals surface area (Å²) in [7, 11) is 1.69. The Morgan fingerprint density at radius 1 is 1.11 bits per heavy atom. The van der Waals surface area contributed by atoms with Gasteiger partial charge in [0.2, 0.25) is 0 Å². The van der Waals surface area contributed by atoms with Crippen LogP contribution in [0.5, 0.6) is 5.75 Å². The smallest absolute Gasteiger partial charge is 0.191 e. The summed E-state index contributed by atoms with van der Waals surface area (Å²) in [4.78, 5) is 2.57. The molecule has 3 heterocycles. The van der Waals surface area contributed by atoms with E-state index in [-0.39, 0.29) is 6.10 Å². The highest BCUT2D eigenvalue weighted by atomic mass is 32.2. The van der Waals surface area contributed by atoms with Crippen molar-refractivity contribution in [3.8, 4) is 17.1 Å². The van der Waals surface area contributed by atoms with Crippen LogP contribution >= 0.6 is 11.8 Å². The topological polar surface area (TPSA) is 52.4 Å². The maximum Gasteiger partial charge on any atom is 0.191 e. The second-order valence-electron chi connectivity index (χ2n) is 7.53. The Balaban J connectivity index is 1.48. The van der Waals surface area contributed by atoms with Crippen LogP contribution < -0.4 is 4.74 Å². The van der Waals surface area contributed by atoms with Gasteiger partial charge in [0.25, 0.3) is 0 Å². The summed E-state index contributed by atoms with van der Waals surface area (Å²) in [5, 5.41) is 10.1. The predicted octanol–water partition coefficient (Wildman–Crippen LogP) is 3.71. The Kier molecular flexibility index (Phi) is 6.88. The lowest BCUT2D eigenvalue weighted by Crippen LogP contribution is -2.31. The molecule has 2 saturated heterocycles. The second kappa shape index (κ2) is 9.76. The van der Waals surface area contributed by atoms with Gasteiger partial charge in [0.15, 0.2) is 11.0 Å². The molecule has 1 aromatic heterocycles. The maximum atomic E-state index is 5.89. The molecule has 152 valence electrons. The number of rotatable bonds is 8. The minimum Gasteiger partial charge on any atom is -0.497 e. The number of nitrogens with zero attached hydrogens (tertiary/aromatic N) is 4. The summed E-state index contributed by atoms with van der Waals surface area (Å²) in [5.41, 5.74) is 1.06. The van der Waals surface area contributed by atoms with Gasteiger partial charge in [0.1, 0.15) is 5.75 Å². The molecule has 0 amide bonds. The lowest BCUT2D eigenvalue weighted by molar-refractivity contribution is 0.0953. The second-order valence-corrected chi connectivity index (χ2v) is 8.59. The Morgan fingerprint density at radius 2 is 1.93 bits per heavy atom. The van der Waals surface area contributed by atoms with Gasteiger partial charge in [-0.3, -0.25) is 4.57 Å². The molecule has 2 aliphatic rings. The first-order valence-electron chi connectivity index (χ1n) is 10.4. The van der Waals surface area contributed by atoms with E-state index in [0.717, 1.165) is 60.6 Å². The minimum atomic E-state index is 0.259. The zero-order valence-electron chi connectivity index (χ0n) is 16.7. The lowest BCUT2D eigenvalue weighted by Gasteiger charge is -2.26. The molecule has 28 heavy (non-hydrogen) atoms. The monoisotopic (exact) mass is 402 g/mol. The number of thioether (sulfide) groups is 1. The predicted molar refractivity (Wildman–Crippen MR) is 112 cm³/mol. The van der Waals surface area contributed by atoms with E-state index in [4.69, 9.17) is 9.47 Å². The molecule has 2 aliphatic heterocycles. The fourth-order valence-electron chi connectivity index (χ4n) is 3.95. The molecule has 4 rings (SSSR count). The molecule has 0 radical (unpaired) electrons. The van der Waals surface area contributed by atoms with Crippen LogP contribution in [0.1, 0.15) is 32.1 Å². The first kappa shape index (κ1) is 19.7. The molecule has 1 atom stereocenters. The third kappa shape index (κ3) is 4.88. The number of ether oxygens (including phenoxy) is 2. The highest BCUT2D eigenvalue weighted by Gasteiger charge is 2.22.